The summed E-state index contributed by atoms with van der Waals surface area (Å²) >= 11 is 0. The molecule has 0 radical (unpaired) electrons. The lowest BCUT2D eigenvalue weighted by Gasteiger charge is -2.38. The molecule has 30 heavy (non-hydrogen) atoms. The average Bonchev–Trinajstić information content (AvgIpc) is 3.27. The lowest BCUT2D eigenvalue weighted by atomic mass is 9.74. The number of benzene rings is 1. The van der Waals surface area contributed by atoms with Crippen LogP contribution in [0.3, 0.4) is 0 Å². The average molecular weight is 411 g/mol. The fourth-order valence-electron chi connectivity index (χ4n) is 4.83. The molecule has 4 heterocycles. The summed E-state index contributed by atoms with van der Waals surface area (Å²) in [6.45, 7) is 7.06. The molecule has 1 aromatic carbocycles. The zero-order valence-corrected chi connectivity index (χ0v) is 17.6. The molecule has 0 bridgehead atoms. The zero-order valence-electron chi connectivity index (χ0n) is 17.6. The van der Waals surface area contributed by atoms with Gasteiger partial charge in [-0.25, -0.2) is 9.97 Å². The molecule has 3 aliphatic rings. The molecule has 1 aromatic heterocycles. The quantitative estimate of drug-likeness (QED) is 0.808. The van der Waals surface area contributed by atoms with Gasteiger partial charge in [0.2, 0.25) is 6.79 Å². The Bertz CT molecular complexity index is 885. The SMILES string of the molecule is CC1CCCN(c2cc(NCC3(c4ccc5c(c4)OCO5)CCOCC3)ncn2)C1. The van der Waals surface area contributed by atoms with E-state index in [1.165, 1.54) is 18.4 Å². The molecule has 1 N–H and O–H groups in total. The Morgan fingerprint density at radius 3 is 2.87 bits per heavy atom. The number of nitrogens with one attached hydrogen (secondary N) is 1. The van der Waals surface area contributed by atoms with Gasteiger partial charge in [-0.15, -0.1) is 0 Å². The Balaban J connectivity index is 1.34. The summed E-state index contributed by atoms with van der Waals surface area (Å²) in [6, 6.07) is 8.41. The summed E-state index contributed by atoms with van der Waals surface area (Å²) in [6.07, 6.45) is 6.12. The van der Waals surface area contributed by atoms with Crippen molar-refractivity contribution in [2.75, 3.05) is 49.9 Å². The number of nitrogens with zero attached hydrogens (tertiary/aromatic N) is 3. The molecule has 7 heteroatoms. The molecule has 2 fully saturated rings. The van der Waals surface area contributed by atoms with Crippen LogP contribution in [0.2, 0.25) is 0 Å². The fraction of sp³-hybridized carbons (Fsp3) is 0.565. The van der Waals surface area contributed by atoms with Crippen molar-refractivity contribution in [1.29, 1.82) is 0 Å². The molecular weight excluding hydrogens is 380 g/mol. The maximum atomic E-state index is 5.68. The molecule has 0 spiro atoms. The molecule has 0 amide bonds. The van der Waals surface area contributed by atoms with Crippen LogP contribution in [-0.2, 0) is 10.2 Å². The molecule has 160 valence electrons. The van der Waals surface area contributed by atoms with Crippen molar-refractivity contribution in [3.63, 3.8) is 0 Å². The number of anilines is 2. The summed E-state index contributed by atoms with van der Waals surface area (Å²) in [5, 5.41) is 3.61. The molecule has 1 atom stereocenters. The van der Waals surface area contributed by atoms with Crippen LogP contribution in [0, 0.1) is 5.92 Å². The highest BCUT2D eigenvalue weighted by Crippen LogP contribution is 2.41. The number of rotatable bonds is 5. The van der Waals surface area contributed by atoms with E-state index < -0.39 is 0 Å². The van der Waals surface area contributed by atoms with Crippen molar-refractivity contribution in [3.05, 3.63) is 36.2 Å². The largest absolute Gasteiger partial charge is 0.454 e. The van der Waals surface area contributed by atoms with Crippen LogP contribution in [-0.4, -0.2) is 49.6 Å². The predicted molar refractivity (Wildman–Crippen MR) is 115 cm³/mol. The van der Waals surface area contributed by atoms with Gasteiger partial charge in [-0.2, -0.15) is 0 Å². The Hall–Kier alpha value is -2.54. The highest BCUT2D eigenvalue weighted by atomic mass is 16.7. The van der Waals surface area contributed by atoms with E-state index in [0.29, 0.717) is 12.7 Å². The van der Waals surface area contributed by atoms with Crippen LogP contribution < -0.4 is 19.7 Å². The monoisotopic (exact) mass is 410 g/mol. The van der Waals surface area contributed by atoms with Crippen molar-refractivity contribution < 1.29 is 14.2 Å². The number of fused-ring (bicyclic) bond motifs is 1. The third-order valence-corrected chi connectivity index (χ3v) is 6.68. The van der Waals surface area contributed by atoms with Crippen LogP contribution in [0.15, 0.2) is 30.6 Å². The first-order valence-corrected chi connectivity index (χ1v) is 11.0. The van der Waals surface area contributed by atoms with E-state index in [9.17, 15) is 0 Å². The third-order valence-electron chi connectivity index (χ3n) is 6.68. The summed E-state index contributed by atoms with van der Waals surface area (Å²) in [7, 11) is 0. The van der Waals surface area contributed by atoms with E-state index in [-0.39, 0.29) is 5.41 Å². The van der Waals surface area contributed by atoms with Crippen molar-refractivity contribution in [2.24, 2.45) is 5.92 Å². The van der Waals surface area contributed by atoms with Crippen LogP contribution in [0.5, 0.6) is 11.5 Å². The Morgan fingerprint density at radius 2 is 2.00 bits per heavy atom. The second-order valence-corrected chi connectivity index (χ2v) is 8.77. The zero-order chi connectivity index (χ0) is 20.4. The summed E-state index contributed by atoms with van der Waals surface area (Å²) < 4.78 is 16.8. The molecule has 2 aromatic rings. The van der Waals surface area contributed by atoms with Crippen LogP contribution in [0.4, 0.5) is 11.6 Å². The Morgan fingerprint density at radius 1 is 1.13 bits per heavy atom. The molecular formula is C23H30N4O3. The van der Waals surface area contributed by atoms with Gasteiger partial charge in [0.05, 0.1) is 0 Å². The lowest BCUT2D eigenvalue weighted by Crippen LogP contribution is -2.40. The number of ether oxygens (including phenoxy) is 3. The lowest BCUT2D eigenvalue weighted by molar-refractivity contribution is 0.0543. The van der Waals surface area contributed by atoms with Crippen molar-refractivity contribution in [3.8, 4) is 11.5 Å². The normalized spacial score (nSPS) is 22.7. The van der Waals surface area contributed by atoms with Crippen LogP contribution >= 0.6 is 0 Å². The van der Waals surface area contributed by atoms with E-state index in [0.717, 1.165) is 68.8 Å². The van der Waals surface area contributed by atoms with Gasteiger partial charge in [-0.1, -0.05) is 13.0 Å². The first-order valence-electron chi connectivity index (χ1n) is 11.0. The number of hydrogen-bond donors (Lipinski definition) is 1. The van der Waals surface area contributed by atoms with Crippen LogP contribution in [0.25, 0.3) is 0 Å². The maximum Gasteiger partial charge on any atom is 0.231 e. The number of piperidine rings is 1. The predicted octanol–water partition coefficient (Wildman–Crippen LogP) is 3.60. The minimum Gasteiger partial charge on any atom is -0.454 e. The smallest absolute Gasteiger partial charge is 0.231 e. The highest BCUT2D eigenvalue weighted by molar-refractivity contribution is 5.50. The van der Waals surface area contributed by atoms with E-state index in [1.807, 2.05) is 6.07 Å². The number of hydrogen-bond acceptors (Lipinski definition) is 7. The Labute approximate surface area is 177 Å². The van der Waals surface area contributed by atoms with Gasteiger partial charge in [0.15, 0.2) is 11.5 Å². The van der Waals surface area contributed by atoms with Crippen molar-refractivity contribution in [1.82, 2.24) is 9.97 Å². The standard InChI is InChI=1S/C23H30N4O3/c1-17-3-2-8-27(13-17)22-12-21(25-15-26-22)24-14-23(6-9-28-10-7-23)18-4-5-19-20(11-18)30-16-29-19/h4-5,11-12,15,17H,2-3,6-10,13-14,16H2,1H3,(H,24,25,26). The third kappa shape index (κ3) is 3.90. The van der Waals surface area contributed by atoms with Gasteiger partial charge < -0.3 is 24.4 Å². The van der Waals surface area contributed by atoms with E-state index in [1.54, 1.807) is 6.33 Å². The van der Waals surface area contributed by atoms with E-state index in [4.69, 9.17) is 14.2 Å². The minimum atomic E-state index is -0.0238. The van der Waals surface area contributed by atoms with Gasteiger partial charge in [-0.05, 0) is 49.3 Å². The van der Waals surface area contributed by atoms with Gasteiger partial charge in [0.1, 0.15) is 18.0 Å². The minimum absolute atomic E-state index is 0.0238. The van der Waals surface area contributed by atoms with E-state index in [2.05, 4.69) is 45.3 Å². The topological polar surface area (TPSA) is 68.7 Å². The van der Waals surface area contributed by atoms with Gasteiger partial charge in [-0.3, -0.25) is 0 Å². The number of aromatic nitrogens is 2. The first-order chi connectivity index (χ1) is 14.7. The van der Waals surface area contributed by atoms with Crippen molar-refractivity contribution in [2.45, 2.75) is 38.0 Å². The molecule has 7 nitrogen and oxygen atoms in total. The molecule has 3 aliphatic heterocycles. The summed E-state index contributed by atoms with van der Waals surface area (Å²) in [5.41, 5.74) is 1.24. The van der Waals surface area contributed by atoms with E-state index >= 15 is 0 Å². The van der Waals surface area contributed by atoms with Gasteiger partial charge in [0.25, 0.3) is 0 Å². The molecule has 1 unspecified atom stereocenters. The fourth-order valence-corrected chi connectivity index (χ4v) is 4.83. The van der Waals surface area contributed by atoms with Gasteiger partial charge >= 0.3 is 0 Å². The summed E-state index contributed by atoms with van der Waals surface area (Å²) in [4.78, 5) is 11.4. The Kier molecular flexibility index (Phi) is 5.37. The first kappa shape index (κ1) is 19.4. The van der Waals surface area contributed by atoms with Gasteiger partial charge in [0, 0.05) is 44.3 Å². The second-order valence-electron chi connectivity index (χ2n) is 8.77. The molecule has 0 saturated carbocycles. The maximum absolute atomic E-state index is 5.68. The molecule has 0 aliphatic carbocycles. The molecule has 5 rings (SSSR count). The molecule has 2 saturated heterocycles. The summed E-state index contributed by atoms with van der Waals surface area (Å²) in [5.74, 6) is 4.27. The second kappa shape index (κ2) is 8.30. The van der Waals surface area contributed by atoms with Crippen molar-refractivity contribution >= 4 is 11.6 Å². The van der Waals surface area contributed by atoms with Crippen LogP contribution in [0.1, 0.15) is 38.2 Å². The highest BCUT2D eigenvalue weighted by Gasteiger charge is 2.35.